The molecular formula is C22H31IN4O2. The second kappa shape index (κ2) is 8.79. The zero-order chi connectivity index (χ0) is 19.1. The number of carbonyl (C=O) groups is 1. The van der Waals surface area contributed by atoms with Gasteiger partial charge in [0.1, 0.15) is 0 Å². The zero-order valence-corrected chi connectivity index (χ0v) is 19.4. The molecule has 4 aliphatic heterocycles. The van der Waals surface area contributed by atoms with Gasteiger partial charge in [0.05, 0.1) is 18.8 Å². The summed E-state index contributed by atoms with van der Waals surface area (Å²) in [6.45, 7) is 6.57. The van der Waals surface area contributed by atoms with Gasteiger partial charge in [-0.05, 0) is 43.9 Å². The molecule has 0 radical (unpaired) electrons. The Morgan fingerprint density at radius 3 is 2.66 bits per heavy atom. The van der Waals surface area contributed by atoms with E-state index < -0.39 is 0 Å². The van der Waals surface area contributed by atoms with Crippen LogP contribution in [0.1, 0.15) is 38.2 Å². The van der Waals surface area contributed by atoms with Crippen LogP contribution in [0.15, 0.2) is 29.3 Å². The first-order chi connectivity index (χ1) is 13.7. The zero-order valence-electron chi connectivity index (χ0n) is 17.0. The smallest absolute Gasteiger partial charge is 0.227 e. The van der Waals surface area contributed by atoms with Crippen molar-refractivity contribution in [3.05, 3.63) is 29.8 Å². The number of amides is 1. The monoisotopic (exact) mass is 510 g/mol. The highest BCUT2D eigenvalue weighted by Gasteiger charge is 2.53. The maximum absolute atomic E-state index is 12.0. The van der Waals surface area contributed by atoms with Crippen LogP contribution in [0, 0.1) is 11.8 Å². The van der Waals surface area contributed by atoms with E-state index in [1.54, 1.807) is 0 Å². The summed E-state index contributed by atoms with van der Waals surface area (Å²) in [7, 11) is 0. The Morgan fingerprint density at radius 1 is 1.24 bits per heavy atom. The van der Waals surface area contributed by atoms with Crippen molar-refractivity contribution in [2.75, 3.05) is 31.1 Å². The van der Waals surface area contributed by atoms with E-state index in [9.17, 15) is 4.79 Å². The number of rotatable bonds is 4. The number of nitrogens with zero attached hydrogens (tertiary/aromatic N) is 3. The third kappa shape index (κ3) is 4.00. The molecule has 4 heterocycles. The van der Waals surface area contributed by atoms with Crippen molar-refractivity contribution in [1.29, 1.82) is 0 Å². The van der Waals surface area contributed by atoms with E-state index in [1.165, 1.54) is 12.8 Å². The number of hydrogen-bond donors (Lipinski definition) is 1. The van der Waals surface area contributed by atoms with Gasteiger partial charge in [-0.15, -0.1) is 24.0 Å². The Bertz CT molecular complexity index is 768. The summed E-state index contributed by atoms with van der Waals surface area (Å²) in [4.78, 5) is 21.3. The molecule has 158 valence electrons. The van der Waals surface area contributed by atoms with Crippen LogP contribution in [0.25, 0.3) is 0 Å². The number of likely N-dealkylation sites (tertiary alicyclic amines) is 1. The highest BCUT2D eigenvalue weighted by atomic mass is 127. The van der Waals surface area contributed by atoms with E-state index in [-0.39, 0.29) is 29.9 Å². The molecule has 1 N–H and O–H groups in total. The average Bonchev–Trinajstić information content (AvgIpc) is 3.46. The molecule has 7 heteroatoms. The number of ether oxygens (including phenoxy) is 1. The van der Waals surface area contributed by atoms with Gasteiger partial charge in [-0.3, -0.25) is 4.79 Å². The maximum Gasteiger partial charge on any atom is 0.227 e. The van der Waals surface area contributed by atoms with E-state index in [0.717, 1.165) is 49.8 Å². The molecule has 29 heavy (non-hydrogen) atoms. The fourth-order valence-corrected chi connectivity index (χ4v) is 5.47. The van der Waals surface area contributed by atoms with Crippen LogP contribution in [0.5, 0.6) is 0 Å². The Hall–Kier alpha value is -1.35. The largest absolute Gasteiger partial charge is 0.374 e. The number of carbonyl (C=O) groups excluding carboxylic acids is 1. The topological polar surface area (TPSA) is 57.2 Å². The molecular weight excluding hydrogens is 479 g/mol. The van der Waals surface area contributed by atoms with Crippen molar-refractivity contribution < 1.29 is 9.53 Å². The molecule has 4 saturated heterocycles. The van der Waals surface area contributed by atoms with Crippen molar-refractivity contribution in [2.24, 2.45) is 16.8 Å². The fourth-order valence-electron chi connectivity index (χ4n) is 5.47. The standard InChI is InChI=1S/C22H30N4O2.HI/c1-2-23-22(25-13-17-18(14-25)20-9-8-19(17)28-20)24-12-15-5-3-6-16(11-15)26-10-4-7-21(26)27;/h3,5-6,11,17-20H,2,4,7-10,12-14H2,1H3,(H,23,24);1H. The van der Waals surface area contributed by atoms with Gasteiger partial charge in [0.15, 0.2) is 5.96 Å². The molecule has 0 saturated carbocycles. The summed E-state index contributed by atoms with van der Waals surface area (Å²) in [6, 6.07) is 8.28. The van der Waals surface area contributed by atoms with Crippen LogP contribution >= 0.6 is 24.0 Å². The molecule has 2 bridgehead atoms. The predicted octanol–water partition coefficient (Wildman–Crippen LogP) is 3.01. The number of hydrogen-bond acceptors (Lipinski definition) is 3. The van der Waals surface area contributed by atoms with E-state index in [4.69, 9.17) is 9.73 Å². The Morgan fingerprint density at radius 2 is 2.00 bits per heavy atom. The Balaban J connectivity index is 0.00000205. The molecule has 4 aliphatic rings. The summed E-state index contributed by atoms with van der Waals surface area (Å²) < 4.78 is 6.11. The van der Waals surface area contributed by atoms with Crippen LogP contribution in [0.2, 0.25) is 0 Å². The summed E-state index contributed by atoms with van der Waals surface area (Å²) in [5, 5.41) is 3.48. The van der Waals surface area contributed by atoms with Crippen molar-refractivity contribution in [2.45, 2.75) is 51.4 Å². The second-order valence-corrected chi connectivity index (χ2v) is 8.51. The van der Waals surface area contributed by atoms with Crippen molar-refractivity contribution in [3.8, 4) is 0 Å². The third-order valence-corrected chi connectivity index (χ3v) is 6.79. The normalized spacial score (nSPS) is 30.7. The summed E-state index contributed by atoms with van der Waals surface area (Å²) >= 11 is 0. The molecule has 4 unspecified atom stereocenters. The lowest BCUT2D eigenvalue weighted by Crippen LogP contribution is -2.41. The van der Waals surface area contributed by atoms with Gasteiger partial charge in [0.25, 0.3) is 0 Å². The molecule has 1 amide bonds. The van der Waals surface area contributed by atoms with Crippen LogP contribution in [0.4, 0.5) is 5.69 Å². The highest BCUT2D eigenvalue weighted by Crippen LogP contribution is 2.47. The minimum absolute atomic E-state index is 0. The molecule has 1 aromatic rings. The van der Waals surface area contributed by atoms with Crippen molar-refractivity contribution in [3.63, 3.8) is 0 Å². The van der Waals surface area contributed by atoms with Crippen molar-refractivity contribution >= 4 is 41.5 Å². The molecule has 0 spiro atoms. The minimum atomic E-state index is 0. The van der Waals surface area contributed by atoms with E-state index in [2.05, 4.69) is 29.3 Å². The maximum atomic E-state index is 12.0. The Kier molecular flexibility index (Phi) is 6.34. The molecule has 1 aromatic carbocycles. The lowest BCUT2D eigenvalue weighted by molar-refractivity contribution is -0.117. The van der Waals surface area contributed by atoms with Crippen LogP contribution in [0.3, 0.4) is 0 Å². The van der Waals surface area contributed by atoms with E-state index in [1.807, 2.05) is 17.0 Å². The minimum Gasteiger partial charge on any atom is -0.374 e. The van der Waals surface area contributed by atoms with E-state index >= 15 is 0 Å². The van der Waals surface area contributed by atoms with E-state index in [0.29, 0.717) is 37.0 Å². The fraction of sp³-hybridized carbons (Fsp3) is 0.636. The first kappa shape index (κ1) is 20.9. The van der Waals surface area contributed by atoms with Gasteiger partial charge in [-0.25, -0.2) is 4.99 Å². The van der Waals surface area contributed by atoms with Crippen LogP contribution in [-0.4, -0.2) is 55.2 Å². The lowest BCUT2D eigenvalue weighted by atomic mass is 9.82. The third-order valence-electron chi connectivity index (χ3n) is 6.79. The number of aliphatic imine (C=N–C) groups is 1. The molecule has 0 aromatic heterocycles. The average molecular weight is 510 g/mol. The van der Waals surface area contributed by atoms with Crippen LogP contribution in [-0.2, 0) is 16.1 Å². The first-order valence-corrected chi connectivity index (χ1v) is 10.8. The van der Waals surface area contributed by atoms with Crippen LogP contribution < -0.4 is 10.2 Å². The lowest BCUT2D eigenvalue weighted by Gasteiger charge is -2.23. The van der Waals surface area contributed by atoms with Gasteiger partial charge < -0.3 is 19.9 Å². The number of nitrogens with one attached hydrogen (secondary N) is 1. The number of fused-ring (bicyclic) bond motifs is 5. The molecule has 6 nitrogen and oxygen atoms in total. The summed E-state index contributed by atoms with van der Waals surface area (Å²) in [5.74, 6) is 2.59. The Labute approximate surface area is 190 Å². The van der Waals surface area contributed by atoms with Gasteiger partial charge in [-0.1, -0.05) is 12.1 Å². The first-order valence-electron chi connectivity index (χ1n) is 10.8. The molecule has 4 fully saturated rings. The molecule has 0 aliphatic carbocycles. The van der Waals surface area contributed by atoms with Gasteiger partial charge in [-0.2, -0.15) is 0 Å². The quantitative estimate of drug-likeness (QED) is 0.385. The summed E-state index contributed by atoms with van der Waals surface area (Å²) in [5.41, 5.74) is 2.15. The van der Waals surface area contributed by atoms with Gasteiger partial charge in [0.2, 0.25) is 5.91 Å². The predicted molar refractivity (Wildman–Crippen MR) is 125 cm³/mol. The number of halogens is 1. The highest BCUT2D eigenvalue weighted by molar-refractivity contribution is 14.0. The second-order valence-electron chi connectivity index (χ2n) is 8.51. The van der Waals surface area contributed by atoms with Crippen molar-refractivity contribution in [1.82, 2.24) is 10.2 Å². The van der Waals surface area contributed by atoms with Gasteiger partial charge >= 0.3 is 0 Å². The number of guanidine groups is 1. The molecule has 5 rings (SSSR count). The van der Waals surface area contributed by atoms with Gasteiger partial charge in [0, 0.05) is 50.1 Å². The molecule has 4 atom stereocenters. The number of anilines is 1. The summed E-state index contributed by atoms with van der Waals surface area (Å²) in [6.07, 6.45) is 5.02. The number of benzene rings is 1. The SMILES string of the molecule is CCNC(=NCc1cccc(N2CCCC2=O)c1)N1CC2C3CCC(O3)C2C1.I.